The average Bonchev–Trinajstić information content (AvgIpc) is 3.39. The van der Waals surface area contributed by atoms with Gasteiger partial charge in [0.25, 0.3) is 11.8 Å². The van der Waals surface area contributed by atoms with Crippen LogP contribution in [-0.2, 0) is 15.0 Å². The molecule has 0 radical (unpaired) electrons. The number of hydrogen-bond donors (Lipinski definition) is 2. The first kappa shape index (κ1) is 24.1. The van der Waals surface area contributed by atoms with Crippen LogP contribution in [0.4, 0.5) is 19.0 Å². The number of nitrogens with one attached hydrogen (secondary N) is 2. The molecule has 1 aromatic carbocycles. The summed E-state index contributed by atoms with van der Waals surface area (Å²) in [7, 11) is 0. The van der Waals surface area contributed by atoms with E-state index in [1.165, 1.54) is 35.4 Å². The third-order valence-electron chi connectivity index (χ3n) is 5.73. The Balaban J connectivity index is 1.55. The van der Waals surface area contributed by atoms with E-state index < -0.39 is 29.4 Å². The van der Waals surface area contributed by atoms with Gasteiger partial charge in [-0.15, -0.1) is 0 Å². The van der Waals surface area contributed by atoms with Crippen molar-refractivity contribution in [2.75, 3.05) is 24.6 Å². The Bertz CT molecular complexity index is 1080. The molecular formula is C20H16BrCl2F3N4O3. The molecule has 3 heterocycles. The van der Waals surface area contributed by atoms with Crippen LogP contribution in [0.1, 0.15) is 22.3 Å². The Hall–Kier alpha value is -2.08. The minimum absolute atomic E-state index is 0.00647. The molecule has 2 aliphatic rings. The fourth-order valence-corrected chi connectivity index (χ4v) is 4.58. The van der Waals surface area contributed by atoms with Crippen LogP contribution < -0.4 is 15.7 Å². The number of amides is 2. The van der Waals surface area contributed by atoms with Crippen molar-refractivity contribution in [2.24, 2.45) is 0 Å². The van der Waals surface area contributed by atoms with Gasteiger partial charge in [-0.3, -0.25) is 14.4 Å². The molecule has 2 unspecified atom stereocenters. The Morgan fingerprint density at radius 2 is 2.00 bits per heavy atom. The van der Waals surface area contributed by atoms with Gasteiger partial charge in [0.1, 0.15) is 23.9 Å². The molecule has 2 atom stereocenters. The Labute approximate surface area is 204 Å². The van der Waals surface area contributed by atoms with Crippen molar-refractivity contribution in [2.45, 2.75) is 24.1 Å². The monoisotopic (exact) mass is 566 g/mol. The molecule has 2 saturated heterocycles. The van der Waals surface area contributed by atoms with Crippen LogP contribution in [0.3, 0.4) is 0 Å². The first-order chi connectivity index (χ1) is 15.5. The fraction of sp³-hybridized carbons (Fsp3) is 0.350. The van der Waals surface area contributed by atoms with Gasteiger partial charge in [-0.2, -0.15) is 13.2 Å². The number of hydroxylamine groups is 1. The van der Waals surface area contributed by atoms with Crippen LogP contribution in [0.2, 0.25) is 10.0 Å². The van der Waals surface area contributed by atoms with E-state index in [0.29, 0.717) is 4.47 Å². The van der Waals surface area contributed by atoms with Gasteiger partial charge in [-0.05, 0) is 52.2 Å². The van der Waals surface area contributed by atoms with Crippen LogP contribution in [0.5, 0.6) is 0 Å². The number of benzene rings is 1. The SMILES string of the molecule is O=C(NC1CONC1=O)c1ccc(N2CCC(c3cc(Cl)c(Br)c(Cl)c3)(C(F)(F)F)C2)nc1. The maximum absolute atomic E-state index is 14.3. The van der Waals surface area contributed by atoms with Crippen LogP contribution in [0, 0.1) is 0 Å². The van der Waals surface area contributed by atoms with Crippen molar-refractivity contribution >= 4 is 56.8 Å². The molecule has 13 heteroatoms. The summed E-state index contributed by atoms with van der Waals surface area (Å²) in [6, 6.07) is 4.63. The molecule has 0 saturated carbocycles. The van der Waals surface area contributed by atoms with Gasteiger partial charge in [0.15, 0.2) is 0 Å². The number of carbonyl (C=O) groups excluding carboxylic acids is 2. The maximum atomic E-state index is 14.3. The number of carbonyl (C=O) groups is 2. The van der Waals surface area contributed by atoms with Gasteiger partial charge >= 0.3 is 6.18 Å². The largest absolute Gasteiger partial charge is 0.400 e. The van der Waals surface area contributed by atoms with E-state index in [0.717, 1.165) is 0 Å². The van der Waals surface area contributed by atoms with E-state index in [4.69, 9.17) is 28.0 Å². The number of hydrogen-bond acceptors (Lipinski definition) is 5. The molecule has 1 aromatic heterocycles. The summed E-state index contributed by atoms with van der Waals surface area (Å²) in [5.41, 5.74) is 0.0771. The van der Waals surface area contributed by atoms with Gasteiger partial charge in [0.05, 0.1) is 20.1 Å². The van der Waals surface area contributed by atoms with E-state index >= 15 is 0 Å². The summed E-state index contributed by atoms with van der Waals surface area (Å²) >= 11 is 15.3. The number of pyridine rings is 1. The summed E-state index contributed by atoms with van der Waals surface area (Å²) in [4.78, 5) is 34.2. The first-order valence-electron chi connectivity index (χ1n) is 9.67. The van der Waals surface area contributed by atoms with Crippen LogP contribution in [-0.4, -0.2) is 48.7 Å². The van der Waals surface area contributed by atoms with Crippen molar-refractivity contribution < 1.29 is 27.6 Å². The zero-order chi connectivity index (χ0) is 24.0. The summed E-state index contributed by atoms with van der Waals surface area (Å²) in [6.45, 7) is -0.306. The van der Waals surface area contributed by atoms with Crippen molar-refractivity contribution in [3.63, 3.8) is 0 Å². The zero-order valence-electron chi connectivity index (χ0n) is 16.7. The highest BCUT2D eigenvalue weighted by molar-refractivity contribution is 9.10. The van der Waals surface area contributed by atoms with Gasteiger partial charge in [0, 0.05) is 19.3 Å². The Kier molecular flexibility index (Phi) is 6.51. The zero-order valence-corrected chi connectivity index (χ0v) is 19.8. The molecular weight excluding hydrogens is 552 g/mol. The summed E-state index contributed by atoms with van der Waals surface area (Å²) in [6.07, 6.45) is -3.53. The van der Waals surface area contributed by atoms with Gasteiger partial charge < -0.3 is 10.2 Å². The third kappa shape index (κ3) is 4.51. The number of rotatable bonds is 4. The van der Waals surface area contributed by atoms with Crippen LogP contribution in [0.15, 0.2) is 34.9 Å². The minimum atomic E-state index is -4.56. The molecule has 2 N–H and O–H groups in total. The molecule has 2 fully saturated rings. The van der Waals surface area contributed by atoms with Gasteiger partial charge in [-0.1, -0.05) is 23.2 Å². The minimum Gasteiger partial charge on any atom is -0.355 e. The van der Waals surface area contributed by atoms with E-state index in [-0.39, 0.29) is 53.1 Å². The van der Waals surface area contributed by atoms with Crippen molar-refractivity contribution in [3.05, 3.63) is 56.1 Å². The van der Waals surface area contributed by atoms with Gasteiger partial charge in [0.2, 0.25) is 0 Å². The standard InChI is InChI=1S/C20H16BrCl2F3N4O3/c21-16-12(22)5-11(6-13(16)23)19(20(24,25)26)3-4-30(9-19)15-2-1-10(7-27-15)17(31)28-14-8-33-29-18(14)32/h1-2,5-7,14H,3-4,8-9H2,(H,28,31)(H,29,32). The van der Waals surface area contributed by atoms with Gasteiger partial charge in [-0.25, -0.2) is 10.5 Å². The highest BCUT2D eigenvalue weighted by atomic mass is 79.9. The number of anilines is 1. The van der Waals surface area contributed by atoms with Crippen molar-refractivity contribution in [1.29, 1.82) is 0 Å². The summed E-state index contributed by atoms with van der Waals surface area (Å²) in [5.74, 6) is -0.736. The molecule has 2 aromatic rings. The van der Waals surface area contributed by atoms with E-state index in [2.05, 4.69) is 31.7 Å². The smallest absolute Gasteiger partial charge is 0.355 e. The molecule has 0 bridgehead atoms. The van der Waals surface area contributed by atoms with E-state index in [1.807, 2.05) is 0 Å². The molecule has 7 nitrogen and oxygen atoms in total. The molecule has 33 heavy (non-hydrogen) atoms. The number of nitrogens with zero attached hydrogens (tertiary/aromatic N) is 2. The quantitative estimate of drug-likeness (QED) is 0.545. The second kappa shape index (κ2) is 8.94. The Morgan fingerprint density at radius 1 is 1.30 bits per heavy atom. The second-order valence-corrected chi connectivity index (χ2v) is 9.32. The van der Waals surface area contributed by atoms with Crippen LogP contribution in [0.25, 0.3) is 0 Å². The van der Waals surface area contributed by atoms with E-state index in [1.54, 1.807) is 0 Å². The number of alkyl halides is 3. The summed E-state index contributed by atoms with van der Waals surface area (Å²) < 4.78 is 43.3. The molecule has 0 aliphatic carbocycles. The van der Waals surface area contributed by atoms with Crippen molar-refractivity contribution in [3.8, 4) is 0 Å². The third-order valence-corrected chi connectivity index (χ3v) is 7.63. The molecule has 2 aliphatic heterocycles. The average molecular weight is 568 g/mol. The Morgan fingerprint density at radius 3 is 2.55 bits per heavy atom. The molecule has 4 rings (SSSR count). The van der Waals surface area contributed by atoms with Crippen molar-refractivity contribution in [1.82, 2.24) is 15.8 Å². The molecule has 2 amide bonds. The fourth-order valence-electron chi connectivity index (χ4n) is 3.87. The molecule has 176 valence electrons. The normalized spacial score (nSPS) is 23.0. The van der Waals surface area contributed by atoms with Crippen LogP contribution >= 0.6 is 39.1 Å². The second-order valence-electron chi connectivity index (χ2n) is 7.71. The molecule has 0 spiro atoms. The lowest BCUT2D eigenvalue weighted by atomic mass is 9.79. The lowest BCUT2D eigenvalue weighted by Crippen LogP contribution is -2.45. The highest BCUT2D eigenvalue weighted by Crippen LogP contribution is 2.50. The maximum Gasteiger partial charge on any atom is 0.400 e. The predicted octanol–water partition coefficient (Wildman–Crippen LogP) is 4.02. The summed E-state index contributed by atoms with van der Waals surface area (Å²) in [5, 5.41) is 2.68. The number of aromatic nitrogens is 1. The first-order valence-corrected chi connectivity index (χ1v) is 11.2. The lowest BCUT2D eigenvalue weighted by molar-refractivity contribution is -0.184. The number of halogens is 6. The predicted molar refractivity (Wildman–Crippen MR) is 118 cm³/mol. The topological polar surface area (TPSA) is 83.6 Å². The highest BCUT2D eigenvalue weighted by Gasteiger charge is 2.59. The lowest BCUT2D eigenvalue weighted by Gasteiger charge is -2.33. The van der Waals surface area contributed by atoms with E-state index in [9.17, 15) is 22.8 Å².